The highest BCUT2D eigenvalue weighted by molar-refractivity contribution is 7.94. The van der Waals surface area contributed by atoms with Crippen molar-refractivity contribution in [2.24, 2.45) is 0 Å². The van der Waals surface area contributed by atoms with Crippen LogP contribution >= 0.6 is 7.58 Å². The van der Waals surface area contributed by atoms with Gasteiger partial charge in [0.25, 0.3) is 0 Å². The lowest BCUT2D eigenvalue weighted by Gasteiger charge is -2.09. The van der Waals surface area contributed by atoms with Crippen LogP contribution in [0.4, 0.5) is 0 Å². The summed E-state index contributed by atoms with van der Waals surface area (Å²) in [6, 6.07) is 0. The third-order valence-corrected chi connectivity index (χ3v) is 1.08. The van der Waals surface area contributed by atoms with Crippen molar-refractivity contribution in [3.8, 4) is 0 Å². The quantitative estimate of drug-likeness (QED) is 0.584. The van der Waals surface area contributed by atoms with Gasteiger partial charge in [0, 0.05) is 13.2 Å². The number of rotatable bonds is 6. The molecule has 0 atom stereocenters. The van der Waals surface area contributed by atoms with Crippen LogP contribution in [0.2, 0.25) is 0 Å². The van der Waals surface area contributed by atoms with Crippen LogP contribution in [0.5, 0.6) is 0 Å². The first kappa shape index (κ1) is 10.4. The summed E-state index contributed by atoms with van der Waals surface area (Å²) in [7, 11) is 0.370. The summed E-state index contributed by atoms with van der Waals surface area (Å²) in [6.45, 7) is 4.92. The van der Waals surface area contributed by atoms with E-state index in [1.54, 1.807) is 0 Å². The highest BCUT2D eigenvalue weighted by atomic mass is 32.4. The zero-order chi connectivity index (χ0) is 7.82. The van der Waals surface area contributed by atoms with Crippen LogP contribution in [0.3, 0.4) is 0 Å². The van der Waals surface area contributed by atoms with Gasteiger partial charge >= 0.3 is 6.48 Å². The number of ether oxygens (including phenoxy) is 2. The zero-order valence-electron chi connectivity index (χ0n) is 5.99. The lowest BCUT2D eigenvalue weighted by Crippen LogP contribution is -2.07. The second-order valence-electron chi connectivity index (χ2n) is 1.28. The second-order valence-corrected chi connectivity index (χ2v) is 2.06. The molecule has 5 heteroatoms. The summed E-state index contributed by atoms with van der Waals surface area (Å²) in [5.74, 6) is 0. The molecule has 0 amide bonds. The average Bonchev–Trinajstić information content (AvgIpc) is 1.90. The third kappa shape index (κ3) is 5.21. The molecule has 10 heavy (non-hydrogen) atoms. The molecule has 0 bridgehead atoms. The van der Waals surface area contributed by atoms with E-state index < -0.39 is 0 Å². The summed E-state index contributed by atoms with van der Waals surface area (Å²) in [5, 5.41) is 0. The summed E-state index contributed by atoms with van der Waals surface area (Å²) >= 11 is 4.53. The minimum absolute atomic E-state index is 0.168. The maximum Gasteiger partial charge on any atom is 0.379 e. The zero-order valence-corrected chi connectivity index (χ0v) is 7.71. The van der Waals surface area contributed by atoms with E-state index >= 15 is 0 Å². The van der Waals surface area contributed by atoms with Crippen molar-refractivity contribution >= 4 is 19.4 Å². The van der Waals surface area contributed by atoms with Gasteiger partial charge in [-0.3, -0.25) is 4.52 Å². The van der Waals surface area contributed by atoms with Crippen molar-refractivity contribution < 1.29 is 14.0 Å². The molecule has 0 aliphatic heterocycles. The topological polar surface area (TPSA) is 27.7 Å². The molecule has 0 aliphatic rings. The minimum Gasteiger partial charge on any atom is -0.321 e. The first-order chi connectivity index (χ1) is 4.85. The van der Waals surface area contributed by atoms with Gasteiger partial charge in [-0.15, -0.1) is 0 Å². The molecule has 3 nitrogen and oxygen atoms in total. The van der Waals surface area contributed by atoms with Crippen molar-refractivity contribution in [1.29, 1.82) is 0 Å². The molecule has 0 aromatic carbocycles. The van der Waals surface area contributed by atoms with Gasteiger partial charge in [-0.05, 0) is 25.7 Å². The van der Waals surface area contributed by atoms with Crippen molar-refractivity contribution in [3.05, 3.63) is 6.48 Å². The summed E-state index contributed by atoms with van der Waals surface area (Å²) in [4.78, 5) is 0. The van der Waals surface area contributed by atoms with E-state index in [2.05, 4.69) is 11.8 Å². The SMILES string of the molecule is CCO[C](OCC)OP=S. The first-order valence-electron chi connectivity index (χ1n) is 2.97. The van der Waals surface area contributed by atoms with Crippen LogP contribution in [-0.2, 0) is 25.8 Å². The highest BCUT2D eigenvalue weighted by Gasteiger charge is 2.09. The molecule has 0 saturated carbocycles. The van der Waals surface area contributed by atoms with E-state index in [1.807, 2.05) is 13.8 Å². The number of hydrogen-bond acceptors (Lipinski definition) is 4. The monoisotopic (exact) mass is 181 g/mol. The summed E-state index contributed by atoms with van der Waals surface area (Å²) in [5.41, 5.74) is 0. The lowest BCUT2D eigenvalue weighted by atomic mass is 10.8. The summed E-state index contributed by atoms with van der Waals surface area (Å²) in [6.07, 6.45) is 0. The Balaban J connectivity index is 3.38. The van der Waals surface area contributed by atoms with Crippen molar-refractivity contribution in [3.63, 3.8) is 0 Å². The Kier molecular flexibility index (Phi) is 7.81. The Bertz CT molecular complexity index is 85.0. The largest absolute Gasteiger partial charge is 0.379 e. The average molecular weight is 181 g/mol. The van der Waals surface area contributed by atoms with E-state index in [-0.39, 0.29) is 6.48 Å². The fraction of sp³-hybridized carbons (Fsp3) is 0.800. The first-order valence-corrected chi connectivity index (χ1v) is 4.79. The Labute approximate surface area is 67.6 Å². The molecule has 0 aliphatic carbocycles. The molecule has 1 radical (unpaired) electrons. The van der Waals surface area contributed by atoms with E-state index in [0.29, 0.717) is 20.8 Å². The van der Waals surface area contributed by atoms with E-state index in [0.717, 1.165) is 0 Å². The molecular formula is C5H10O3PS. The molecule has 0 N–H and O–H groups in total. The van der Waals surface area contributed by atoms with Crippen molar-refractivity contribution in [1.82, 2.24) is 0 Å². The molecule has 0 fully saturated rings. The normalized spacial score (nSPS) is 11.1. The predicted octanol–water partition coefficient (Wildman–Crippen LogP) is 1.85. The number of hydrogen-bond donors (Lipinski definition) is 0. The lowest BCUT2D eigenvalue weighted by molar-refractivity contribution is -0.131. The highest BCUT2D eigenvalue weighted by Crippen LogP contribution is 2.13. The minimum atomic E-state index is 0.168. The van der Waals surface area contributed by atoms with E-state index in [4.69, 9.17) is 14.0 Å². The Morgan fingerprint density at radius 2 is 1.80 bits per heavy atom. The predicted molar refractivity (Wildman–Crippen MR) is 41.9 cm³/mol. The molecule has 0 rings (SSSR count). The van der Waals surface area contributed by atoms with Gasteiger partial charge in [-0.1, -0.05) is 0 Å². The Morgan fingerprint density at radius 1 is 1.30 bits per heavy atom. The van der Waals surface area contributed by atoms with Gasteiger partial charge in [-0.25, -0.2) is 0 Å². The molecule has 0 spiro atoms. The molecule has 0 aromatic rings. The maximum atomic E-state index is 4.92. The van der Waals surface area contributed by atoms with Crippen LogP contribution in [0.15, 0.2) is 0 Å². The van der Waals surface area contributed by atoms with Gasteiger partial charge in [0.05, 0.1) is 0 Å². The second kappa shape index (κ2) is 7.51. The fourth-order valence-electron chi connectivity index (χ4n) is 0.361. The summed E-state index contributed by atoms with van der Waals surface area (Å²) < 4.78 is 14.6. The van der Waals surface area contributed by atoms with Gasteiger partial charge in [0.2, 0.25) is 0 Å². The molecule has 59 valence electrons. The molecule has 0 heterocycles. The van der Waals surface area contributed by atoms with Crippen LogP contribution < -0.4 is 0 Å². The molecule has 0 aromatic heterocycles. The smallest absolute Gasteiger partial charge is 0.321 e. The van der Waals surface area contributed by atoms with E-state index in [9.17, 15) is 0 Å². The van der Waals surface area contributed by atoms with Gasteiger partial charge < -0.3 is 9.47 Å². The molecule has 0 unspecified atom stereocenters. The van der Waals surface area contributed by atoms with Gasteiger partial charge in [0.1, 0.15) is 7.58 Å². The third-order valence-electron chi connectivity index (χ3n) is 0.636. The van der Waals surface area contributed by atoms with E-state index in [1.165, 1.54) is 0 Å². The van der Waals surface area contributed by atoms with Gasteiger partial charge in [0.15, 0.2) is 0 Å². The van der Waals surface area contributed by atoms with Crippen molar-refractivity contribution in [2.75, 3.05) is 13.2 Å². The van der Waals surface area contributed by atoms with Gasteiger partial charge in [-0.2, -0.15) is 0 Å². The standard InChI is InChI=1S/C5H10O3PS/c1-3-6-5(7-4-2)8-9-10/h3-4H2,1-2H3. The molecular weight excluding hydrogens is 171 g/mol. The Hall–Kier alpha value is 0.400. The maximum absolute atomic E-state index is 4.92. The molecule has 0 saturated heterocycles. The van der Waals surface area contributed by atoms with Crippen molar-refractivity contribution in [2.45, 2.75) is 13.8 Å². The van der Waals surface area contributed by atoms with Crippen LogP contribution in [0.25, 0.3) is 0 Å². The fourth-order valence-corrected chi connectivity index (χ4v) is 0.709. The van der Waals surface area contributed by atoms with Crippen LogP contribution in [-0.4, -0.2) is 13.2 Å². The van der Waals surface area contributed by atoms with Crippen LogP contribution in [0.1, 0.15) is 13.8 Å². The Morgan fingerprint density at radius 3 is 2.10 bits per heavy atom. The van der Waals surface area contributed by atoms with Crippen LogP contribution in [0, 0.1) is 6.48 Å².